The fourth-order valence-corrected chi connectivity index (χ4v) is 3.26. The predicted octanol–water partition coefficient (Wildman–Crippen LogP) is 1.63. The van der Waals surface area contributed by atoms with Crippen molar-refractivity contribution in [1.82, 2.24) is 19.8 Å². The second-order valence-electron chi connectivity index (χ2n) is 5.87. The molecule has 6 nitrogen and oxygen atoms in total. The molecule has 3 rings (SSSR count). The zero-order valence-corrected chi connectivity index (χ0v) is 14.2. The van der Waals surface area contributed by atoms with E-state index in [1.807, 2.05) is 46.9 Å². The van der Waals surface area contributed by atoms with Gasteiger partial charge in [-0.05, 0) is 6.07 Å². The average Bonchev–Trinajstić information content (AvgIpc) is 3.08. The monoisotopic (exact) mass is 328 g/mol. The van der Waals surface area contributed by atoms with Gasteiger partial charge in [0, 0.05) is 44.0 Å². The molecule has 1 aliphatic heterocycles. The molecule has 0 spiro atoms. The highest BCUT2D eigenvalue weighted by atomic mass is 16.5. The molecule has 0 radical (unpaired) electrons. The van der Waals surface area contributed by atoms with Crippen molar-refractivity contribution in [1.29, 1.82) is 0 Å². The van der Waals surface area contributed by atoms with Crippen LogP contribution in [0.2, 0.25) is 0 Å². The van der Waals surface area contributed by atoms with Gasteiger partial charge in [0.2, 0.25) is 5.91 Å². The van der Waals surface area contributed by atoms with E-state index in [1.54, 1.807) is 13.3 Å². The van der Waals surface area contributed by atoms with Gasteiger partial charge in [0.25, 0.3) is 0 Å². The summed E-state index contributed by atoms with van der Waals surface area (Å²) in [6, 6.07) is 7.89. The molecule has 1 aromatic carbocycles. The average molecular weight is 328 g/mol. The Hall–Kier alpha value is -2.34. The number of imidazole rings is 1. The summed E-state index contributed by atoms with van der Waals surface area (Å²) in [4.78, 5) is 19.2. The van der Waals surface area contributed by atoms with Gasteiger partial charge in [-0.2, -0.15) is 0 Å². The van der Waals surface area contributed by atoms with Gasteiger partial charge in [-0.25, -0.2) is 4.98 Å². The zero-order chi connectivity index (χ0) is 16.9. The highest BCUT2D eigenvalue weighted by Gasteiger charge is 2.29. The molecular weight excluding hydrogens is 304 g/mol. The van der Waals surface area contributed by atoms with E-state index in [-0.39, 0.29) is 11.9 Å². The van der Waals surface area contributed by atoms with Crippen molar-refractivity contribution >= 4 is 5.91 Å². The van der Waals surface area contributed by atoms with E-state index in [0.29, 0.717) is 13.1 Å². The van der Waals surface area contributed by atoms with Gasteiger partial charge < -0.3 is 19.5 Å². The molecule has 0 aliphatic carbocycles. The molecule has 24 heavy (non-hydrogen) atoms. The molecule has 2 aromatic rings. The van der Waals surface area contributed by atoms with Gasteiger partial charge >= 0.3 is 0 Å². The summed E-state index contributed by atoms with van der Waals surface area (Å²) in [6.07, 6.45) is 4.44. The smallest absolute Gasteiger partial charge is 0.243 e. The van der Waals surface area contributed by atoms with Crippen LogP contribution in [0.5, 0.6) is 5.75 Å². The minimum absolute atomic E-state index is 0.0176. The van der Waals surface area contributed by atoms with Gasteiger partial charge in [0.1, 0.15) is 18.1 Å². The predicted molar refractivity (Wildman–Crippen MR) is 91.9 cm³/mol. The van der Waals surface area contributed by atoms with E-state index in [0.717, 1.165) is 36.6 Å². The molecule has 1 aliphatic rings. The molecule has 0 saturated carbocycles. The summed E-state index contributed by atoms with van der Waals surface area (Å²) < 4.78 is 7.42. The third-order valence-electron chi connectivity index (χ3n) is 4.49. The van der Waals surface area contributed by atoms with Crippen LogP contribution in [0.3, 0.4) is 0 Å². The van der Waals surface area contributed by atoms with Gasteiger partial charge in [0.15, 0.2) is 0 Å². The number of ether oxygens (including phenoxy) is 1. The van der Waals surface area contributed by atoms with Crippen molar-refractivity contribution in [3.05, 3.63) is 48.0 Å². The molecule has 0 unspecified atom stereocenters. The third-order valence-corrected chi connectivity index (χ3v) is 4.49. The second kappa shape index (κ2) is 7.49. The SMILES string of the molecule is CCc1nccn1CC(=O)N1CCNC[C@@H]1c1ccccc1OC. The maximum Gasteiger partial charge on any atom is 0.243 e. The Bertz CT molecular complexity index is 698. The van der Waals surface area contributed by atoms with Crippen LogP contribution in [0.4, 0.5) is 0 Å². The van der Waals surface area contributed by atoms with E-state index in [2.05, 4.69) is 10.3 Å². The van der Waals surface area contributed by atoms with Gasteiger partial charge in [-0.15, -0.1) is 0 Å². The normalized spacial score (nSPS) is 17.8. The van der Waals surface area contributed by atoms with E-state index in [1.165, 1.54) is 0 Å². The lowest BCUT2D eigenvalue weighted by molar-refractivity contribution is -0.135. The number of carbonyl (C=O) groups excluding carboxylic acids is 1. The van der Waals surface area contributed by atoms with Crippen LogP contribution in [-0.2, 0) is 17.8 Å². The van der Waals surface area contributed by atoms with Crippen LogP contribution in [0.1, 0.15) is 24.4 Å². The minimum atomic E-state index is -0.0176. The number of benzene rings is 1. The maximum absolute atomic E-state index is 12.9. The first kappa shape index (κ1) is 16.5. The van der Waals surface area contributed by atoms with Gasteiger partial charge in [-0.3, -0.25) is 4.79 Å². The van der Waals surface area contributed by atoms with Crippen LogP contribution in [0, 0.1) is 0 Å². The first-order chi connectivity index (χ1) is 11.7. The Morgan fingerprint density at radius 2 is 2.25 bits per heavy atom. The Morgan fingerprint density at radius 1 is 1.42 bits per heavy atom. The summed E-state index contributed by atoms with van der Waals surface area (Å²) in [5, 5.41) is 3.38. The molecule has 1 N–H and O–H groups in total. The fraction of sp³-hybridized carbons (Fsp3) is 0.444. The minimum Gasteiger partial charge on any atom is -0.496 e. The highest BCUT2D eigenvalue weighted by Crippen LogP contribution is 2.30. The Kier molecular flexibility index (Phi) is 5.15. The molecule has 1 saturated heterocycles. The van der Waals surface area contributed by atoms with Crippen molar-refractivity contribution in [3.63, 3.8) is 0 Å². The fourth-order valence-electron chi connectivity index (χ4n) is 3.26. The third kappa shape index (κ3) is 3.28. The van der Waals surface area contributed by atoms with Crippen molar-refractivity contribution in [2.24, 2.45) is 0 Å². The maximum atomic E-state index is 12.9. The second-order valence-corrected chi connectivity index (χ2v) is 5.87. The van der Waals surface area contributed by atoms with Gasteiger partial charge in [-0.1, -0.05) is 25.1 Å². The molecular formula is C18H24N4O2. The van der Waals surface area contributed by atoms with E-state index < -0.39 is 0 Å². The molecule has 6 heteroatoms. The first-order valence-corrected chi connectivity index (χ1v) is 8.37. The van der Waals surface area contributed by atoms with Crippen molar-refractivity contribution in [3.8, 4) is 5.75 Å². The summed E-state index contributed by atoms with van der Waals surface area (Å²) in [6.45, 7) is 4.61. The van der Waals surface area contributed by atoms with E-state index >= 15 is 0 Å². The van der Waals surface area contributed by atoms with Crippen molar-refractivity contribution in [2.75, 3.05) is 26.7 Å². The molecule has 1 aromatic heterocycles. The summed E-state index contributed by atoms with van der Waals surface area (Å²) >= 11 is 0. The number of methoxy groups -OCH3 is 1. The number of nitrogens with one attached hydrogen (secondary N) is 1. The van der Waals surface area contributed by atoms with Crippen LogP contribution < -0.4 is 10.1 Å². The molecule has 1 amide bonds. The summed E-state index contributed by atoms with van der Waals surface area (Å²) in [5.41, 5.74) is 1.04. The number of hydrogen-bond acceptors (Lipinski definition) is 4. The summed E-state index contributed by atoms with van der Waals surface area (Å²) in [5.74, 6) is 1.87. The highest BCUT2D eigenvalue weighted by molar-refractivity contribution is 5.77. The molecule has 0 bridgehead atoms. The number of carbonyl (C=O) groups is 1. The molecule has 1 atom stereocenters. The lowest BCUT2D eigenvalue weighted by Gasteiger charge is -2.37. The number of rotatable bonds is 5. The van der Waals surface area contributed by atoms with Crippen LogP contribution >= 0.6 is 0 Å². The van der Waals surface area contributed by atoms with Gasteiger partial charge in [0.05, 0.1) is 13.2 Å². The number of para-hydroxylation sites is 1. The van der Waals surface area contributed by atoms with Crippen LogP contribution in [-0.4, -0.2) is 47.1 Å². The lowest BCUT2D eigenvalue weighted by Crippen LogP contribution is -2.49. The number of aromatic nitrogens is 2. The number of piperazine rings is 1. The number of aryl methyl sites for hydroxylation is 1. The Morgan fingerprint density at radius 3 is 3.04 bits per heavy atom. The van der Waals surface area contributed by atoms with Crippen molar-refractivity contribution < 1.29 is 9.53 Å². The molecule has 128 valence electrons. The molecule has 2 heterocycles. The quantitative estimate of drug-likeness (QED) is 0.906. The van der Waals surface area contributed by atoms with Crippen LogP contribution in [0.15, 0.2) is 36.7 Å². The van der Waals surface area contributed by atoms with E-state index in [4.69, 9.17) is 4.74 Å². The Balaban J connectivity index is 1.83. The number of nitrogens with zero attached hydrogens (tertiary/aromatic N) is 3. The largest absolute Gasteiger partial charge is 0.496 e. The van der Waals surface area contributed by atoms with Crippen molar-refractivity contribution in [2.45, 2.75) is 25.9 Å². The number of amides is 1. The standard InChI is InChI=1S/C18H24N4O2/c1-3-17-20-9-10-21(17)13-18(23)22-11-8-19-12-15(22)14-6-4-5-7-16(14)24-2/h4-7,9-10,15,19H,3,8,11-13H2,1-2H3/t15-/m1/s1. The summed E-state index contributed by atoms with van der Waals surface area (Å²) in [7, 11) is 1.67. The topological polar surface area (TPSA) is 59.4 Å². The molecule has 1 fully saturated rings. The van der Waals surface area contributed by atoms with Crippen LogP contribution in [0.25, 0.3) is 0 Å². The number of hydrogen-bond donors (Lipinski definition) is 1. The lowest BCUT2D eigenvalue weighted by atomic mass is 10.0. The Labute approximate surface area is 142 Å². The first-order valence-electron chi connectivity index (χ1n) is 8.37. The zero-order valence-electron chi connectivity index (χ0n) is 14.2. The van der Waals surface area contributed by atoms with E-state index in [9.17, 15) is 4.79 Å².